The minimum atomic E-state index is -1.06. The van der Waals surface area contributed by atoms with Gasteiger partial charge >= 0.3 is 17.7 Å². The molecular weight excluding hydrogens is 454 g/mol. The number of aromatic hydroxyl groups is 1. The number of carboxylic acids is 1. The summed E-state index contributed by atoms with van der Waals surface area (Å²) in [5.74, 6) is -2.03. The summed E-state index contributed by atoms with van der Waals surface area (Å²) in [6.45, 7) is 3.11. The number of hydrogen-bond acceptors (Lipinski definition) is 5. The number of hydrogen-bond donors (Lipinski definition) is 5. The van der Waals surface area contributed by atoms with E-state index in [2.05, 4.69) is 16.0 Å². The lowest BCUT2D eigenvalue weighted by Gasteiger charge is -2.11. The number of urea groups is 1. The van der Waals surface area contributed by atoms with E-state index < -0.39 is 30.2 Å². The maximum atomic E-state index is 12.6. The van der Waals surface area contributed by atoms with Gasteiger partial charge in [0.05, 0.1) is 19.2 Å². The highest BCUT2D eigenvalue weighted by atomic mass is 16.4. The smallest absolute Gasteiger partial charge is 0.331 e. The molecule has 0 fully saturated rings. The molecule has 0 aliphatic rings. The molecule has 35 heavy (non-hydrogen) atoms. The van der Waals surface area contributed by atoms with Crippen LogP contribution >= 0.6 is 0 Å². The molecule has 184 valence electrons. The summed E-state index contributed by atoms with van der Waals surface area (Å²) in [4.78, 5) is 47.7. The Morgan fingerprint density at radius 2 is 1.71 bits per heavy atom. The van der Waals surface area contributed by atoms with Crippen molar-refractivity contribution in [2.45, 2.75) is 39.4 Å². The lowest BCUT2D eigenvalue weighted by molar-refractivity contribution is -0.137. The summed E-state index contributed by atoms with van der Waals surface area (Å²) in [5.41, 5.74) is 2.33. The van der Waals surface area contributed by atoms with Gasteiger partial charge in [-0.1, -0.05) is 30.3 Å². The highest BCUT2D eigenvalue weighted by molar-refractivity contribution is 6.00. The van der Waals surface area contributed by atoms with Crippen LogP contribution in [-0.4, -0.2) is 43.3 Å². The highest BCUT2D eigenvalue weighted by Crippen LogP contribution is 2.15. The van der Waals surface area contributed by atoms with Crippen LogP contribution in [0, 0.1) is 6.92 Å². The van der Waals surface area contributed by atoms with E-state index in [0.717, 1.165) is 15.7 Å². The number of aromatic nitrogens is 2. The average Bonchev–Trinajstić information content (AvgIpc) is 3.03. The van der Waals surface area contributed by atoms with E-state index in [9.17, 15) is 24.3 Å². The number of aliphatic carboxylic acids is 1. The molecule has 1 aromatic heterocycles. The predicted octanol–water partition coefficient (Wildman–Crippen LogP) is 2.34. The number of carbonyl (C=O) groups is 3. The fourth-order valence-corrected chi connectivity index (χ4v) is 3.44. The normalized spacial score (nSPS) is 11.5. The Labute approximate surface area is 201 Å². The van der Waals surface area contributed by atoms with E-state index in [4.69, 9.17) is 5.11 Å². The maximum Gasteiger partial charge on any atom is 0.331 e. The number of anilines is 2. The van der Waals surface area contributed by atoms with Crippen molar-refractivity contribution in [2.24, 2.45) is 0 Å². The standard InChI is InChI=1S/C24H27N5O6/c1-15-5-3-4-6-19(15)27-23(34)26-18-9-7-17(8-10-18)12-28-14-21(31)29(24(28)35)13-20(30)25-16(2)11-22(32)33/h3-10,14,16,31H,11-13H2,1-2H3,(H,25,30)(H,32,33)(H2,26,27,34)/t16-/m1/s1. The van der Waals surface area contributed by atoms with Crippen molar-refractivity contribution in [1.29, 1.82) is 0 Å². The van der Waals surface area contributed by atoms with Gasteiger partial charge in [-0.25, -0.2) is 9.59 Å². The third kappa shape index (κ3) is 6.97. The van der Waals surface area contributed by atoms with Crippen molar-refractivity contribution < 1.29 is 24.6 Å². The summed E-state index contributed by atoms with van der Waals surface area (Å²) in [7, 11) is 0. The number of imidazole rings is 1. The van der Waals surface area contributed by atoms with Crippen LogP contribution in [0.1, 0.15) is 24.5 Å². The number of aryl methyl sites for hydroxylation is 1. The maximum absolute atomic E-state index is 12.6. The second kappa shape index (κ2) is 11.1. The van der Waals surface area contributed by atoms with Crippen LogP contribution in [0.3, 0.4) is 0 Å². The van der Waals surface area contributed by atoms with Gasteiger partial charge in [0, 0.05) is 17.4 Å². The Morgan fingerprint density at radius 1 is 1.03 bits per heavy atom. The topological polar surface area (TPSA) is 155 Å². The van der Waals surface area contributed by atoms with E-state index in [1.54, 1.807) is 30.3 Å². The zero-order chi connectivity index (χ0) is 25.5. The molecule has 3 aromatic rings. The molecule has 1 atom stereocenters. The van der Waals surface area contributed by atoms with Gasteiger partial charge < -0.3 is 26.2 Å². The second-order valence-electron chi connectivity index (χ2n) is 8.14. The summed E-state index contributed by atoms with van der Waals surface area (Å²) in [6.07, 6.45) is 0.962. The van der Waals surface area contributed by atoms with E-state index in [-0.39, 0.29) is 24.9 Å². The summed E-state index contributed by atoms with van der Waals surface area (Å²) in [5, 5.41) is 26.9. The van der Waals surface area contributed by atoms with Crippen molar-refractivity contribution in [3.05, 3.63) is 76.3 Å². The van der Waals surface area contributed by atoms with Crippen molar-refractivity contribution in [2.75, 3.05) is 10.6 Å². The Kier molecular flexibility index (Phi) is 7.92. The van der Waals surface area contributed by atoms with Crippen LogP contribution in [0.5, 0.6) is 5.88 Å². The zero-order valence-corrected chi connectivity index (χ0v) is 19.3. The number of amides is 3. The molecule has 0 spiro atoms. The Hall–Kier alpha value is -4.54. The van der Waals surface area contributed by atoms with Gasteiger partial charge in [0.15, 0.2) is 0 Å². The molecule has 5 N–H and O–H groups in total. The zero-order valence-electron chi connectivity index (χ0n) is 19.3. The van der Waals surface area contributed by atoms with Crippen molar-refractivity contribution >= 4 is 29.3 Å². The van der Waals surface area contributed by atoms with Gasteiger partial charge in [-0.05, 0) is 43.2 Å². The van der Waals surface area contributed by atoms with Crippen molar-refractivity contribution in [1.82, 2.24) is 14.5 Å². The van der Waals surface area contributed by atoms with Gasteiger partial charge in [0.25, 0.3) is 0 Å². The van der Waals surface area contributed by atoms with Gasteiger partial charge in [0.2, 0.25) is 11.8 Å². The molecule has 0 bridgehead atoms. The molecule has 3 amide bonds. The summed E-state index contributed by atoms with van der Waals surface area (Å²) < 4.78 is 2.14. The van der Waals surface area contributed by atoms with Gasteiger partial charge in [-0.2, -0.15) is 0 Å². The third-order valence-electron chi connectivity index (χ3n) is 5.17. The Morgan fingerprint density at radius 3 is 2.37 bits per heavy atom. The summed E-state index contributed by atoms with van der Waals surface area (Å²) in [6, 6.07) is 13.2. The van der Waals surface area contributed by atoms with E-state index in [1.165, 1.54) is 17.7 Å². The molecular formula is C24H27N5O6. The van der Waals surface area contributed by atoms with Gasteiger partial charge in [-0.15, -0.1) is 0 Å². The summed E-state index contributed by atoms with van der Waals surface area (Å²) >= 11 is 0. The lowest BCUT2D eigenvalue weighted by atomic mass is 10.2. The fraction of sp³-hybridized carbons (Fsp3) is 0.250. The fourth-order valence-electron chi connectivity index (χ4n) is 3.44. The molecule has 11 heteroatoms. The molecule has 0 saturated heterocycles. The first kappa shape index (κ1) is 25.1. The molecule has 2 aromatic carbocycles. The molecule has 1 heterocycles. The van der Waals surface area contributed by atoms with Crippen LogP contribution in [0.15, 0.2) is 59.5 Å². The van der Waals surface area contributed by atoms with Crippen molar-refractivity contribution in [3.8, 4) is 5.88 Å². The highest BCUT2D eigenvalue weighted by Gasteiger charge is 2.16. The van der Waals surface area contributed by atoms with Crippen LogP contribution in [-0.2, 0) is 22.7 Å². The molecule has 0 unspecified atom stereocenters. The minimum absolute atomic E-state index is 0.131. The monoisotopic (exact) mass is 481 g/mol. The SMILES string of the molecule is Cc1ccccc1NC(=O)Nc1ccc(Cn2cc(O)n(CC(=O)N[C@H](C)CC(=O)O)c2=O)cc1. The predicted molar refractivity (Wildman–Crippen MR) is 130 cm³/mol. The number of para-hydroxylation sites is 1. The van der Waals surface area contributed by atoms with Crippen LogP contribution in [0.25, 0.3) is 0 Å². The number of carboxylic acid groups (broad SMARTS) is 1. The number of rotatable bonds is 9. The second-order valence-corrected chi connectivity index (χ2v) is 8.14. The van der Waals surface area contributed by atoms with Crippen LogP contribution in [0.4, 0.5) is 16.2 Å². The number of carbonyl (C=O) groups excluding carboxylic acids is 2. The van der Waals surface area contributed by atoms with E-state index in [1.807, 2.05) is 25.1 Å². The first-order chi connectivity index (χ1) is 16.6. The minimum Gasteiger partial charge on any atom is -0.493 e. The molecule has 3 rings (SSSR count). The first-order valence-electron chi connectivity index (χ1n) is 10.8. The molecule has 0 saturated carbocycles. The van der Waals surface area contributed by atoms with Gasteiger partial charge in [0.1, 0.15) is 6.54 Å². The third-order valence-corrected chi connectivity index (χ3v) is 5.17. The first-order valence-corrected chi connectivity index (χ1v) is 10.8. The van der Waals surface area contributed by atoms with Crippen LogP contribution < -0.4 is 21.6 Å². The molecule has 11 nitrogen and oxygen atoms in total. The Balaban J connectivity index is 1.60. The van der Waals surface area contributed by atoms with Crippen molar-refractivity contribution in [3.63, 3.8) is 0 Å². The molecule has 0 radical (unpaired) electrons. The van der Waals surface area contributed by atoms with E-state index in [0.29, 0.717) is 11.4 Å². The largest absolute Gasteiger partial charge is 0.493 e. The Bertz CT molecular complexity index is 1280. The molecule has 0 aliphatic carbocycles. The van der Waals surface area contributed by atoms with Gasteiger partial charge in [-0.3, -0.25) is 18.7 Å². The molecule has 0 aliphatic heterocycles. The average molecular weight is 482 g/mol. The lowest BCUT2D eigenvalue weighted by Crippen LogP contribution is -2.38. The quantitative estimate of drug-likeness (QED) is 0.316. The number of nitrogens with zero attached hydrogens (tertiary/aromatic N) is 2. The van der Waals surface area contributed by atoms with E-state index >= 15 is 0 Å². The van der Waals surface area contributed by atoms with Crippen LogP contribution in [0.2, 0.25) is 0 Å². The number of benzene rings is 2. The number of nitrogens with one attached hydrogen (secondary N) is 3.